The summed E-state index contributed by atoms with van der Waals surface area (Å²) in [4.78, 5) is 9.09. The second-order valence-electron chi connectivity index (χ2n) is 6.18. The molecule has 6 nitrogen and oxygen atoms in total. The van der Waals surface area contributed by atoms with Crippen molar-refractivity contribution in [3.63, 3.8) is 0 Å². The summed E-state index contributed by atoms with van der Waals surface area (Å²) in [5.41, 5.74) is 3.14. The molecule has 138 valence electrons. The quantitative estimate of drug-likeness (QED) is 0.474. The number of oxazole rings is 1. The summed E-state index contributed by atoms with van der Waals surface area (Å²) in [6, 6.07) is 14.7. The largest absolute Gasteiger partial charge is 0.431 e. The van der Waals surface area contributed by atoms with E-state index in [2.05, 4.69) is 9.97 Å². The van der Waals surface area contributed by atoms with E-state index in [1.165, 1.54) is 42.3 Å². The van der Waals surface area contributed by atoms with Gasteiger partial charge in [-0.2, -0.15) is 0 Å². The van der Waals surface area contributed by atoms with Crippen LogP contribution < -0.4 is 0 Å². The van der Waals surface area contributed by atoms with E-state index in [0.717, 1.165) is 16.5 Å². The van der Waals surface area contributed by atoms with E-state index in [4.69, 9.17) is 4.42 Å². The summed E-state index contributed by atoms with van der Waals surface area (Å²) in [7, 11) is -0.498. The number of nitrogens with zero attached hydrogens (tertiary/aromatic N) is 3. The molecule has 0 amide bonds. The lowest BCUT2D eigenvalue weighted by Crippen LogP contribution is -2.22. The first-order chi connectivity index (χ1) is 12.9. The van der Waals surface area contributed by atoms with Gasteiger partial charge < -0.3 is 4.42 Å². The molecular weight excluding hydrogens is 382 g/mol. The fraction of sp³-hybridized carbons (Fsp3) is 0.158. The fourth-order valence-electron chi connectivity index (χ4n) is 2.74. The van der Waals surface area contributed by atoms with Gasteiger partial charge in [-0.3, -0.25) is 4.98 Å². The average molecular weight is 399 g/mol. The lowest BCUT2D eigenvalue weighted by molar-refractivity contribution is 0.489. The first kappa shape index (κ1) is 18.0. The average Bonchev–Trinajstić information content (AvgIpc) is 3.08. The monoisotopic (exact) mass is 399 g/mol. The molecular formula is C19H17N3O3S2. The third kappa shape index (κ3) is 3.43. The van der Waals surface area contributed by atoms with Gasteiger partial charge in [0.05, 0.1) is 10.4 Å². The summed E-state index contributed by atoms with van der Waals surface area (Å²) in [5.74, 6) is 0.657. The molecule has 0 bridgehead atoms. The predicted molar refractivity (Wildman–Crippen MR) is 106 cm³/mol. The molecule has 2 aromatic heterocycles. The Morgan fingerprint density at radius 3 is 2.74 bits per heavy atom. The summed E-state index contributed by atoms with van der Waals surface area (Å²) >= 11 is 1.46. The molecule has 27 heavy (non-hydrogen) atoms. The van der Waals surface area contributed by atoms with Gasteiger partial charge in [-0.25, -0.2) is 17.7 Å². The lowest BCUT2D eigenvalue weighted by Gasteiger charge is -2.10. The minimum absolute atomic E-state index is 0.197. The SMILES string of the molecule is CN(C)S(=O)(=O)c1ccc2oc(SCc3cccc4cccnc34)nc2c1. The minimum atomic E-state index is -3.50. The zero-order valence-corrected chi connectivity index (χ0v) is 16.4. The molecule has 0 atom stereocenters. The molecule has 0 aliphatic rings. The van der Waals surface area contributed by atoms with Crippen molar-refractivity contribution < 1.29 is 12.8 Å². The van der Waals surface area contributed by atoms with Crippen molar-refractivity contribution in [3.05, 3.63) is 60.3 Å². The maximum absolute atomic E-state index is 12.3. The topological polar surface area (TPSA) is 76.3 Å². The van der Waals surface area contributed by atoms with Crippen LogP contribution in [0, 0.1) is 0 Å². The molecule has 0 aliphatic heterocycles. The Bertz CT molecular complexity index is 1230. The molecule has 0 saturated carbocycles. The number of aromatic nitrogens is 2. The van der Waals surface area contributed by atoms with Gasteiger partial charge in [-0.1, -0.05) is 36.0 Å². The number of hydrogen-bond acceptors (Lipinski definition) is 6. The Kier molecular flexibility index (Phi) is 4.63. The molecule has 0 spiro atoms. The molecule has 2 heterocycles. The number of hydrogen-bond donors (Lipinski definition) is 0. The van der Waals surface area contributed by atoms with Crippen molar-refractivity contribution in [2.75, 3.05) is 14.1 Å². The Morgan fingerprint density at radius 1 is 1.11 bits per heavy atom. The summed E-state index contributed by atoms with van der Waals surface area (Å²) in [6.45, 7) is 0. The standard InChI is InChI=1S/C19H17N3O3S2/c1-22(2)27(23,24)15-8-9-17-16(11-15)21-19(25-17)26-12-14-6-3-5-13-7-4-10-20-18(13)14/h3-11H,12H2,1-2H3. The van der Waals surface area contributed by atoms with Crippen LogP contribution in [0.2, 0.25) is 0 Å². The maximum Gasteiger partial charge on any atom is 0.257 e. The van der Waals surface area contributed by atoms with Gasteiger partial charge in [0.1, 0.15) is 5.52 Å². The van der Waals surface area contributed by atoms with Gasteiger partial charge in [-0.15, -0.1) is 0 Å². The number of rotatable bonds is 5. The first-order valence-electron chi connectivity index (χ1n) is 8.24. The van der Waals surface area contributed by atoms with E-state index >= 15 is 0 Å². The second kappa shape index (κ2) is 6.95. The van der Waals surface area contributed by atoms with Crippen LogP contribution in [-0.2, 0) is 15.8 Å². The lowest BCUT2D eigenvalue weighted by atomic mass is 10.1. The summed E-state index contributed by atoms with van der Waals surface area (Å²) < 4.78 is 31.5. The van der Waals surface area contributed by atoms with E-state index in [1.807, 2.05) is 30.3 Å². The first-order valence-corrected chi connectivity index (χ1v) is 10.7. The highest BCUT2D eigenvalue weighted by Gasteiger charge is 2.19. The Balaban J connectivity index is 1.61. The second-order valence-corrected chi connectivity index (χ2v) is 9.26. The minimum Gasteiger partial charge on any atom is -0.431 e. The van der Waals surface area contributed by atoms with Gasteiger partial charge in [0.25, 0.3) is 5.22 Å². The highest BCUT2D eigenvalue weighted by atomic mass is 32.2. The van der Waals surface area contributed by atoms with Crippen molar-refractivity contribution in [1.29, 1.82) is 0 Å². The summed E-state index contributed by atoms with van der Waals surface area (Å²) in [6.07, 6.45) is 1.78. The zero-order valence-electron chi connectivity index (χ0n) is 14.8. The van der Waals surface area contributed by atoms with Crippen LogP contribution in [0.3, 0.4) is 0 Å². The van der Waals surface area contributed by atoms with Gasteiger partial charge >= 0.3 is 0 Å². The maximum atomic E-state index is 12.3. The third-order valence-electron chi connectivity index (χ3n) is 4.19. The number of pyridine rings is 1. The smallest absolute Gasteiger partial charge is 0.257 e. The normalized spacial score (nSPS) is 12.3. The van der Waals surface area contributed by atoms with E-state index < -0.39 is 10.0 Å². The van der Waals surface area contributed by atoms with Crippen LogP contribution in [-0.4, -0.2) is 36.8 Å². The van der Waals surface area contributed by atoms with E-state index in [-0.39, 0.29) is 4.90 Å². The van der Waals surface area contributed by atoms with E-state index in [1.54, 1.807) is 12.3 Å². The fourth-order valence-corrected chi connectivity index (χ4v) is 4.49. The van der Waals surface area contributed by atoms with Gasteiger partial charge in [-0.05, 0) is 29.8 Å². The zero-order chi connectivity index (χ0) is 19.0. The number of benzene rings is 2. The highest BCUT2D eigenvalue weighted by molar-refractivity contribution is 7.98. The molecule has 0 aliphatic carbocycles. The molecule has 0 N–H and O–H groups in total. The van der Waals surface area contributed by atoms with Crippen molar-refractivity contribution in [3.8, 4) is 0 Å². The van der Waals surface area contributed by atoms with Crippen LogP contribution >= 0.6 is 11.8 Å². The van der Waals surface area contributed by atoms with Crippen molar-refractivity contribution in [2.45, 2.75) is 15.9 Å². The molecule has 8 heteroatoms. The van der Waals surface area contributed by atoms with Crippen LogP contribution in [0.1, 0.15) is 5.56 Å². The van der Waals surface area contributed by atoms with Crippen molar-refractivity contribution >= 4 is 43.8 Å². The van der Waals surface area contributed by atoms with Crippen LogP contribution in [0.15, 0.2) is 69.3 Å². The molecule has 0 radical (unpaired) electrons. The Hall–Kier alpha value is -2.42. The molecule has 0 saturated heterocycles. The number of para-hydroxylation sites is 1. The van der Waals surface area contributed by atoms with E-state index in [9.17, 15) is 8.42 Å². The van der Waals surface area contributed by atoms with Crippen LogP contribution in [0.4, 0.5) is 0 Å². The van der Waals surface area contributed by atoms with Crippen molar-refractivity contribution in [2.24, 2.45) is 0 Å². The highest BCUT2D eigenvalue weighted by Crippen LogP contribution is 2.29. The predicted octanol–water partition coefficient (Wildman–Crippen LogP) is 3.92. The van der Waals surface area contributed by atoms with Crippen molar-refractivity contribution in [1.82, 2.24) is 14.3 Å². The molecule has 4 rings (SSSR count). The molecule has 2 aromatic carbocycles. The van der Waals surface area contributed by atoms with Gasteiger partial charge in [0, 0.05) is 31.4 Å². The van der Waals surface area contributed by atoms with Gasteiger partial charge in [0.2, 0.25) is 10.0 Å². The van der Waals surface area contributed by atoms with E-state index in [0.29, 0.717) is 22.1 Å². The van der Waals surface area contributed by atoms with Gasteiger partial charge in [0.15, 0.2) is 5.58 Å². The number of fused-ring (bicyclic) bond motifs is 2. The summed E-state index contributed by atoms with van der Waals surface area (Å²) in [5, 5.41) is 1.59. The number of thioether (sulfide) groups is 1. The Morgan fingerprint density at radius 2 is 1.93 bits per heavy atom. The third-order valence-corrected chi connectivity index (χ3v) is 6.87. The van der Waals surface area contributed by atoms with Crippen LogP contribution in [0.25, 0.3) is 22.0 Å². The van der Waals surface area contributed by atoms with Crippen LogP contribution in [0.5, 0.6) is 0 Å². The number of sulfonamides is 1. The molecule has 0 unspecified atom stereocenters. The molecule has 4 aromatic rings. The Labute approximate surface area is 161 Å². The molecule has 0 fully saturated rings.